The average Bonchev–Trinajstić information content (AvgIpc) is 3.38. The van der Waals surface area contributed by atoms with E-state index in [1.807, 2.05) is 66.7 Å². The van der Waals surface area contributed by atoms with Gasteiger partial charge in [-0.05, 0) is 29.8 Å². The summed E-state index contributed by atoms with van der Waals surface area (Å²) in [5, 5.41) is 12.7. The van der Waals surface area contributed by atoms with Crippen LogP contribution < -0.4 is 5.32 Å². The number of carbonyl (C=O) groups is 3. The minimum atomic E-state index is -1.16. The fourth-order valence-electron chi connectivity index (χ4n) is 4.15. The summed E-state index contributed by atoms with van der Waals surface area (Å²) in [6.45, 7) is 0.0918. The molecule has 174 valence electrons. The van der Waals surface area contributed by atoms with E-state index in [1.165, 1.54) is 23.5 Å². The molecule has 9 heteroatoms. The first kappa shape index (κ1) is 22.6. The van der Waals surface area contributed by atoms with Crippen LogP contribution in [0.3, 0.4) is 0 Å². The minimum Gasteiger partial charge on any atom is -0.480 e. The molecule has 1 aromatic heterocycles. The topological polar surface area (TPSA) is 99.9 Å². The van der Waals surface area contributed by atoms with Gasteiger partial charge in [-0.2, -0.15) is 0 Å². The monoisotopic (exact) mass is 494 g/mol. The second-order valence-corrected chi connectivity index (χ2v) is 10.8. The van der Waals surface area contributed by atoms with Gasteiger partial charge < -0.3 is 19.7 Å². The maximum Gasteiger partial charge on any atom is 0.322 e. The molecular formula is C25H22N2O5S2. The van der Waals surface area contributed by atoms with E-state index in [0.717, 1.165) is 21.8 Å². The summed E-state index contributed by atoms with van der Waals surface area (Å²) in [5.74, 6) is -0.342. The molecule has 1 unspecified atom stereocenters. The second-order valence-electron chi connectivity index (χ2n) is 8.28. The van der Waals surface area contributed by atoms with Crippen molar-refractivity contribution >= 4 is 41.3 Å². The van der Waals surface area contributed by atoms with Crippen LogP contribution in [0.5, 0.6) is 0 Å². The Balaban J connectivity index is 1.24. The van der Waals surface area contributed by atoms with Crippen LogP contribution in [0, 0.1) is 0 Å². The van der Waals surface area contributed by atoms with E-state index >= 15 is 0 Å². The number of carboxylic acids is 1. The third-order valence-electron chi connectivity index (χ3n) is 5.94. The molecule has 3 atom stereocenters. The van der Waals surface area contributed by atoms with Crippen LogP contribution in [0.2, 0.25) is 0 Å². The predicted molar refractivity (Wildman–Crippen MR) is 130 cm³/mol. The summed E-state index contributed by atoms with van der Waals surface area (Å²) in [5.41, 5.74) is 1.78. The minimum absolute atomic E-state index is 0.0918. The SMILES string of the molecule is O=C(Cc1ccccc1)N[C@@H]1C(=O)N2CC(Sc3ccc(-c4ccco4)cc3)(C(=O)O)CS[C@H]12. The third-order valence-corrected chi connectivity index (χ3v) is 9.00. The molecule has 34 heavy (non-hydrogen) atoms. The first-order valence-electron chi connectivity index (χ1n) is 10.8. The average molecular weight is 495 g/mol. The Labute approximate surface area is 204 Å². The Bertz CT molecular complexity index is 1200. The fraction of sp³-hybridized carbons (Fsp3) is 0.240. The maximum absolute atomic E-state index is 12.8. The highest BCUT2D eigenvalue weighted by atomic mass is 32.2. The van der Waals surface area contributed by atoms with Crippen LogP contribution in [0.1, 0.15) is 5.56 Å². The number of β-lactam (4-membered cyclic amide) rings is 1. The number of carbonyl (C=O) groups excluding carboxylic acids is 2. The van der Waals surface area contributed by atoms with Crippen LogP contribution in [-0.4, -0.2) is 56.3 Å². The van der Waals surface area contributed by atoms with Gasteiger partial charge in [-0.25, -0.2) is 0 Å². The molecule has 0 saturated carbocycles. The molecule has 2 N–H and O–H groups in total. The van der Waals surface area contributed by atoms with Gasteiger partial charge in [-0.1, -0.05) is 42.5 Å². The Morgan fingerprint density at radius 3 is 2.56 bits per heavy atom. The normalized spacial score (nSPS) is 23.6. The van der Waals surface area contributed by atoms with E-state index in [9.17, 15) is 19.5 Å². The molecule has 2 fully saturated rings. The number of furan rings is 1. The number of thioether (sulfide) groups is 2. The third kappa shape index (κ3) is 4.33. The molecule has 0 bridgehead atoms. The molecule has 2 saturated heterocycles. The van der Waals surface area contributed by atoms with Crippen molar-refractivity contribution in [3.63, 3.8) is 0 Å². The smallest absolute Gasteiger partial charge is 0.322 e. The van der Waals surface area contributed by atoms with Crippen molar-refractivity contribution < 1.29 is 23.9 Å². The lowest BCUT2D eigenvalue weighted by Crippen LogP contribution is -2.74. The molecule has 0 aliphatic carbocycles. The molecule has 2 amide bonds. The van der Waals surface area contributed by atoms with Gasteiger partial charge in [0, 0.05) is 22.8 Å². The molecule has 2 aromatic carbocycles. The summed E-state index contributed by atoms with van der Waals surface area (Å²) in [4.78, 5) is 39.9. The van der Waals surface area contributed by atoms with Gasteiger partial charge in [-0.15, -0.1) is 23.5 Å². The van der Waals surface area contributed by atoms with Gasteiger partial charge in [-0.3, -0.25) is 14.4 Å². The summed E-state index contributed by atoms with van der Waals surface area (Å²) in [6.07, 6.45) is 1.81. The number of fused-ring (bicyclic) bond motifs is 1. The molecule has 5 rings (SSSR count). The van der Waals surface area contributed by atoms with E-state index in [-0.39, 0.29) is 30.2 Å². The molecule has 0 radical (unpaired) electrons. The number of aliphatic carboxylic acids is 1. The number of hydrogen-bond acceptors (Lipinski definition) is 6. The summed E-state index contributed by atoms with van der Waals surface area (Å²) in [6, 6.07) is 19.9. The first-order chi connectivity index (χ1) is 16.4. The second kappa shape index (κ2) is 9.23. The number of nitrogens with one attached hydrogen (secondary N) is 1. The first-order valence-corrected chi connectivity index (χ1v) is 12.6. The number of hydrogen-bond donors (Lipinski definition) is 2. The molecule has 0 spiro atoms. The van der Waals surface area contributed by atoms with Gasteiger partial charge in [0.1, 0.15) is 21.9 Å². The lowest BCUT2D eigenvalue weighted by atomic mass is 10.0. The van der Waals surface area contributed by atoms with Crippen molar-refractivity contribution in [3.8, 4) is 11.3 Å². The molecule has 3 aromatic rings. The van der Waals surface area contributed by atoms with Gasteiger partial charge in [0.25, 0.3) is 0 Å². The largest absolute Gasteiger partial charge is 0.480 e. The number of carboxylic acid groups (broad SMARTS) is 1. The van der Waals surface area contributed by atoms with Crippen LogP contribution in [0.4, 0.5) is 0 Å². The lowest BCUT2D eigenvalue weighted by Gasteiger charge is -2.53. The van der Waals surface area contributed by atoms with Crippen LogP contribution in [-0.2, 0) is 20.8 Å². The van der Waals surface area contributed by atoms with E-state index in [2.05, 4.69) is 5.32 Å². The number of amides is 2. The van der Waals surface area contributed by atoms with Gasteiger partial charge in [0.05, 0.1) is 12.7 Å². The zero-order valence-electron chi connectivity index (χ0n) is 18.0. The highest BCUT2D eigenvalue weighted by Gasteiger charge is 2.57. The zero-order valence-corrected chi connectivity index (χ0v) is 19.7. The molecular weight excluding hydrogens is 472 g/mol. The Morgan fingerprint density at radius 1 is 1.12 bits per heavy atom. The van der Waals surface area contributed by atoms with Crippen molar-refractivity contribution in [1.29, 1.82) is 0 Å². The van der Waals surface area contributed by atoms with Crippen LogP contribution >= 0.6 is 23.5 Å². The van der Waals surface area contributed by atoms with Crippen LogP contribution in [0.25, 0.3) is 11.3 Å². The Kier molecular flexibility index (Phi) is 6.14. The standard InChI is InChI=1S/C25H22N2O5S2/c28-20(13-16-5-2-1-3-6-16)26-21-22(29)27-14-25(24(30)31,15-33-23(21)27)34-18-10-8-17(9-11-18)19-7-4-12-32-19/h1-12,21,23H,13-15H2,(H,26,28)(H,30,31)/t21-,23-,25?/m1/s1. The highest BCUT2D eigenvalue weighted by molar-refractivity contribution is 8.05. The van der Waals surface area contributed by atoms with Gasteiger partial charge in [0.15, 0.2) is 0 Å². The van der Waals surface area contributed by atoms with E-state index in [4.69, 9.17) is 4.42 Å². The van der Waals surface area contributed by atoms with Crippen molar-refractivity contribution in [2.75, 3.05) is 12.3 Å². The zero-order chi connectivity index (χ0) is 23.7. The van der Waals surface area contributed by atoms with Crippen molar-refractivity contribution in [3.05, 3.63) is 78.6 Å². The molecule has 2 aliphatic rings. The van der Waals surface area contributed by atoms with Crippen molar-refractivity contribution in [1.82, 2.24) is 10.2 Å². The van der Waals surface area contributed by atoms with Gasteiger partial charge in [0.2, 0.25) is 11.8 Å². The summed E-state index contributed by atoms with van der Waals surface area (Å²) in [7, 11) is 0. The predicted octanol–water partition coefficient (Wildman–Crippen LogP) is 3.50. The molecule has 7 nitrogen and oxygen atoms in total. The van der Waals surface area contributed by atoms with E-state index in [0.29, 0.717) is 5.75 Å². The van der Waals surface area contributed by atoms with E-state index < -0.39 is 16.8 Å². The number of nitrogens with zero attached hydrogens (tertiary/aromatic N) is 1. The fourth-order valence-corrected chi connectivity index (χ4v) is 6.99. The quantitative estimate of drug-likeness (QED) is 0.485. The molecule has 3 heterocycles. The summed E-state index contributed by atoms with van der Waals surface area (Å²) >= 11 is 2.65. The van der Waals surface area contributed by atoms with Gasteiger partial charge >= 0.3 is 5.97 Å². The van der Waals surface area contributed by atoms with Crippen molar-refractivity contribution in [2.24, 2.45) is 0 Å². The Morgan fingerprint density at radius 2 is 1.88 bits per heavy atom. The summed E-state index contributed by atoms with van der Waals surface area (Å²) < 4.78 is 4.24. The Hall–Kier alpha value is -3.17. The van der Waals surface area contributed by atoms with Crippen LogP contribution in [0.15, 0.2) is 82.3 Å². The molecule has 2 aliphatic heterocycles. The number of rotatable bonds is 7. The maximum atomic E-state index is 12.8. The number of benzene rings is 2. The highest BCUT2D eigenvalue weighted by Crippen LogP contribution is 2.46. The lowest BCUT2D eigenvalue weighted by molar-refractivity contribution is -0.152. The van der Waals surface area contributed by atoms with E-state index in [1.54, 1.807) is 11.2 Å². The van der Waals surface area contributed by atoms with Crippen molar-refractivity contribution in [2.45, 2.75) is 27.5 Å².